The first-order valence-corrected chi connectivity index (χ1v) is 17.9. The van der Waals surface area contributed by atoms with Gasteiger partial charge in [-0.3, -0.25) is 0 Å². The number of carbonyl (C=O) groups is 2. The third kappa shape index (κ3) is 8.41. The van der Waals surface area contributed by atoms with E-state index in [0.717, 1.165) is 61.0 Å². The number of carbonyl (C=O) groups excluding carboxylic acids is 2. The Labute approximate surface area is 170 Å². The van der Waals surface area contributed by atoms with Crippen LogP contribution in [0.15, 0.2) is 21.3 Å². The van der Waals surface area contributed by atoms with Gasteiger partial charge in [0.2, 0.25) is 0 Å². The molecular weight excluding hydrogens is 447 g/mol. The molecule has 0 aromatic carbocycles. The van der Waals surface area contributed by atoms with Crippen molar-refractivity contribution in [3.8, 4) is 0 Å². The molecule has 0 N–H and O–H groups in total. The van der Waals surface area contributed by atoms with Crippen LogP contribution in [0.4, 0.5) is 0 Å². The molecule has 0 atom stereocenters. The molecule has 0 aliphatic rings. The molecular formula is C22H40O4Sn. The number of ether oxygens (including phenoxy) is 2. The fourth-order valence-electron chi connectivity index (χ4n) is 3.74. The van der Waals surface area contributed by atoms with Crippen molar-refractivity contribution >= 4 is 30.3 Å². The fourth-order valence-corrected chi connectivity index (χ4v) is 20.7. The molecule has 0 fully saturated rings. The third-order valence-corrected chi connectivity index (χ3v) is 20.9. The summed E-state index contributed by atoms with van der Waals surface area (Å²) in [6, 6.07) is 0. The van der Waals surface area contributed by atoms with E-state index in [4.69, 9.17) is 9.47 Å². The number of esters is 2. The quantitative estimate of drug-likeness (QED) is 0.131. The molecule has 0 heterocycles. The van der Waals surface area contributed by atoms with E-state index in [1.165, 1.54) is 14.2 Å². The zero-order chi connectivity index (χ0) is 20.9. The van der Waals surface area contributed by atoms with Crippen LogP contribution in [0.25, 0.3) is 0 Å². The summed E-state index contributed by atoms with van der Waals surface area (Å²) in [5, 5.41) is 0. The average molecular weight is 487 g/mol. The summed E-state index contributed by atoms with van der Waals surface area (Å²) in [5.41, 5.74) is 1.37. The number of hydrogen-bond donors (Lipinski definition) is 0. The number of allylic oxidation sites excluding steroid dienone is 1. The molecule has 0 unspecified atom stereocenters. The summed E-state index contributed by atoms with van der Waals surface area (Å²) in [6.07, 6.45) is 6.99. The van der Waals surface area contributed by atoms with Gasteiger partial charge < -0.3 is 0 Å². The van der Waals surface area contributed by atoms with Crippen LogP contribution >= 0.6 is 0 Å². The van der Waals surface area contributed by atoms with Crippen molar-refractivity contribution in [3.63, 3.8) is 0 Å². The third-order valence-electron chi connectivity index (χ3n) is 5.16. The van der Waals surface area contributed by atoms with E-state index in [0.29, 0.717) is 12.0 Å². The van der Waals surface area contributed by atoms with Crippen LogP contribution in [0.2, 0.25) is 13.3 Å². The summed E-state index contributed by atoms with van der Waals surface area (Å²) >= 11 is -3.17. The van der Waals surface area contributed by atoms with Gasteiger partial charge in [0.1, 0.15) is 0 Å². The van der Waals surface area contributed by atoms with Gasteiger partial charge in [-0.15, -0.1) is 0 Å². The predicted octanol–water partition coefficient (Wildman–Crippen LogP) is 5.98. The predicted molar refractivity (Wildman–Crippen MR) is 115 cm³/mol. The number of hydrogen-bond acceptors (Lipinski definition) is 4. The summed E-state index contributed by atoms with van der Waals surface area (Å²) in [5.74, 6) is -0.709. The van der Waals surface area contributed by atoms with Crippen LogP contribution in [0.5, 0.6) is 0 Å². The first-order valence-electron chi connectivity index (χ1n) is 10.4. The van der Waals surface area contributed by atoms with Crippen LogP contribution in [-0.4, -0.2) is 44.5 Å². The number of methoxy groups -OCH3 is 2. The Morgan fingerprint density at radius 2 is 1.22 bits per heavy atom. The average Bonchev–Trinajstić information content (AvgIpc) is 2.66. The molecule has 0 bridgehead atoms. The van der Waals surface area contributed by atoms with Crippen molar-refractivity contribution in [2.75, 3.05) is 14.2 Å². The van der Waals surface area contributed by atoms with Gasteiger partial charge in [0, 0.05) is 0 Å². The maximum absolute atomic E-state index is 13.0. The van der Waals surface area contributed by atoms with Crippen molar-refractivity contribution in [3.05, 3.63) is 21.3 Å². The van der Waals surface area contributed by atoms with Gasteiger partial charge >= 0.3 is 171 Å². The normalized spacial score (nSPS) is 12.4. The van der Waals surface area contributed by atoms with Crippen molar-refractivity contribution in [1.29, 1.82) is 0 Å². The second kappa shape index (κ2) is 14.2. The molecule has 0 aliphatic carbocycles. The fraction of sp³-hybridized carbons (Fsp3) is 0.727. The van der Waals surface area contributed by atoms with Crippen LogP contribution in [-0.2, 0) is 19.1 Å². The van der Waals surface area contributed by atoms with Gasteiger partial charge in [0.05, 0.1) is 0 Å². The molecule has 0 saturated heterocycles. The van der Waals surface area contributed by atoms with Crippen LogP contribution < -0.4 is 0 Å². The van der Waals surface area contributed by atoms with Crippen LogP contribution in [0, 0.1) is 0 Å². The summed E-state index contributed by atoms with van der Waals surface area (Å²) in [4.78, 5) is 25.7. The zero-order valence-corrected chi connectivity index (χ0v) is 21.3. The molecule has 0 rings (SSSR count). The van der Waals surface area contributed by atoms with Crippen molar-refractivity contribution in [1.82, 2.24) is 0 Å². The van der Waals surface area contributed by atoms with E-state index in [2.05, 4.69) is 27.4 Å². The molecule has 5 heteroatoms. The van der Waals surface area contributed by atoms with Gasteiger partial charge in [-0.1, -0.05) is 0 Å². The van der Waals surface area contributed by atoms with Gasteiger partial charge in [0.25, 0.3) is 0 Å². The Bertz CT molecular complexity index is 501. The van der Waals surface area contributed by atoms with E-state index in [-0.39, 0.29) is 5.97 Å². The van der Waals surface area contributed by atoms with Gasteiger partial charge in [-0.25, -0.2) is 0 Å². The van der Waals surface area contributed by atoms with Gasteiger partial charge in [0.15, 0.2) is 0 Å². The molecule has 156 valence electrons. The molecule has 4 nitrogen and oxygen atoms in total. The van der Waals surface area contributed by atoms with Crippen molar-refractivity contribution < 1.29 is 19.1 Å². The minimum absolute atomic E-state index is 0.309. The molecule has 0 aliphatic heterocycles. The number of unbranched alkanes of at least 4 members (excludes halogenated alkanes) is 3. The maximum atomic E-state index is 13.0. The molecule has 0 radical (unpaired) electrons. The Balaban J connectivity index is 6.67. The SMILES string of the molecule is C=C(C)C/C(C(=O)OC)=[C](/C(=O)OC)[Sn]([CH2]CCC)([CH2]CCC)[CH2]CCC. The molecule has 0 aromatic rings. The molecule has 0 aromatic heterocycles. The minimum atomic E-state index is -3.17. The second-order valence-electron chi connectivity index (χ2n) is 7.56. The standard InChI is InChI=1S/C10H13O4.3C4H9.Sn/c1-7(2)5-8(10(12)14-4)6-9(11)13-3;3*1-3-4-2;/h1,5H2,2-4H3;3*1,3-4H2,2H3;. The summed E-state index contributed by atoms with van der Waals surface area (Å²) < 4.78 is 14.3. The van der Waals surface area contributed by atoms with Crippen molar-refractivity contribution in [2.24, 2.45) is 0 Å². The Kier molecular flexibility index (Phi) is 13.8. The van der Waals surface area contributed by atoms with Crippen LogP contribution in [0.3, 0.4) is 0 Å². The summed E-state index contributed by atoms with van der Waals surface area (Å²) in [7, 11) is 2.81. The zero-order valence-electron chi connectivity index (χ0n) is 18.4. The Morgan fingerprint density at radius 3 is 1.52 bits per heavy atom. The van der Waals surface area contributed by atoms with Gasteiger partial charge in [-0.2, -0.15) is 0 Å². The topological polar surface area (TPSA) is 52.6 Å². The van der Waals surface area contributed by atoms with E-state index < -0.39 is 24.3 Å². The molecule has 0 amide bonds. The monoisotopic (exact) mass is 488 g/mol. The van der Waals surface area contributed by atoms with Gasteiger partial charge in [-0.05, 0) is 0 Å². The molecule has 0 saturated carbocycles. The van der Waals surface area contributed by atoms with E-state index in [9.17, 15) is 9.59 Å². The Hall–Kier alpha value is -0.781. The van der Waals surface area contributed by atoms with E-state index in [1.807, 2.05) is 6.92 Å². The first kappa shape index (κ1) is 26.2. The molecule has 27 heavy (non-hydrogen) atoms. The Morgan fingerprint density at radius 1 is 0.815 bits per heavy atom. The van der Waals surface area contributed by atoms with Crippen molar-refractivity contribution in [2.45, 2.75) is 86.0 Å². The first-order chi connectivity index (χ1) is 12.8. The number of rotatable bonds is 14. The van der Waals surface area contributed by atoms with E-state index in [1.54, 1.807) is 0 Å². The molecule has 0 spiro atoms. The summed E-state index contributed by atoms with van der Waals surface area (Å²) in [6.45, 7) is 12.4. The second-order valence-corrected chi connectivity index (χ2v) is 20.6. The van der Waals surface area contributed by atoms with Crippen LogP contribution in [0.1, 0.15) is 72.6 Å². The van der Waals surface area contributed by atoms with E-state index >= 15 is 0 Å².